The number of esters is 1. The topological polar surface area (TPSA) is 59.8 Å². The third kappa shape index (κ3) is 5.47. The predicted molar refractivity (Wildman–Crippen MR) is 75.3 cm³/mol. The highest BCUT2D eigenvalue weighted by Gasteiger charge is 2.19. The van der Waals surface area contributed by atoms with Crippen LogP contribution in [0.2, 0.25) is 0 Å². The van der Waals surface area contributed by atoms with Crippen LogP contribution in [0.1, 0.15) is 44.2 Å². The van der Waals surface area contributed by atoms with Gasteiger partial charge in [0, 0.05) is 13.1 Å². The van der Waals surface area contributed by atoms with Crippen LogP contribution in [0.15, 0.2) is 22.8 Å². The zero-order valence-electron chi connectivity index (χ0n) is 12.4. The van der Waals surface area contributed by atoms with Crippen molar-refractivity contribution >= 4 is 11.9 Å². The molecule has 0 atom stereocenters. The number of rotatable bonds is 8. The van der Waals surface area contributed by atoms with Crippen molar-refractivity contribution in [1.82, 2.24) is 4.90 Å². The lowest BCUT2D eigenvalue weighted by Crippen LogP contribution is -2.34. The molecule has 0 bridgehead atoms. The minimum Gasteiger partial charge on any atom is -0.466 e. The van der Waals surface area contributed by atoms with E-state index in [2.05, 4.69) is 13.8 Å². The largest absolute Gasteiger partial charge is 0.466 e. The molecule has 1 aromatic rings. The molecule has 0 spiro atoms. The summed E-state index contributed by atoms with van der Waals surface area (Å²) in [5, 5.41) is 0. The lowest BCUT2D eigenvalue weighted by molar-refractivity contribution is -0.143. The summed E-state index contributed by atoms with van der Waals surface area (Å²) in [5.74, 6) is 0.330. The predicted octanol–water partition coefficient (Wildman–Crippen LogP) is 2.72. The Morgan fingerprint density at radius 1 is 1.35 bits per heavy atom. The lowest BCUT2D eigenvalue weighted by Gasteiger charge is -2.22. The van der Waals surface area contributed by atoms with E-state index in [9.17, 15) is 9.59 Å². The molecule has 5 nitrogen and oxygen atoms in total. The highest BCUT2D eigenvalue weighted by Crippen LogP contribution is 2.10. The number of ether oxygens (including phenoxy) is 1. The van der Waals surface area contributed by atoms with Crippen molar-refractivity contribution in [2.45, 2.75) is 33.6 Å². The van der Waals surface area contributed by atoms with Crippen molar-refractivity contribution in [3.63, 3.8) is 0 Å². The number of carbonyl (C=O) groups excluding carboxylic acids is 2. The van der Waals surface area contributed by atoms with Crippen LogP contribution in [-0.2, 0) is 9.53 Å². The molecule has 5 heteroatoms. The summed E-state index contributed by atoms with van der Waals surface area (Å²) in [6.45, 7) is 7.28. The molecule has 0 N–H and O–H groups in total. The Morgan fingerprint density at radius 2 is 2.10 bits per heavy atom. The first-order valence-corrected chi connectivity index (χ1v) is 7.03. The van der Waals surface area contributed by atoms with Gasteiger partial charge in [0.25, 0.3) is 5.91 Å². The van der Waals surface area contributed by atoms with Crippen LogP contribution in [-0.4, -0.2) is 36.5 Å². The van der Waals surface area contributed by atoms with Crippen LogP contribution >= 0.6 is 0 Å². The van der Waals surface area contributed by atoms with E-state index >= 15 is 0 Å². The maximum absolute atomic E-state index is 12.3. The van der Waals surface area contributed by atoms with Gasteiger partial charge in [-0.3, -0.25) is 9.59 Å². The van der Waals surface area contributed by atoms with Gasteiger partial charge < -0.3 is 14.1 Å². The Hall–Kier alpha value is -1.78. The van der Waals surface area contributed by atoms with Crippen molar-refractivity contribution in [2.75, 3.05) is 19.7 Å². The normalized spacial score (nSPS) is 10.6. The summed E-state index contributed by atoms with van der Waals surface area (Å²) in [4.78, 5) is 25.3. The van der Waals surface area contributed by atoms with E-state index in [1.165, 1.54) is 6.26 Å². The summed E-state index contributed by atoms with van der Waals surface area (Å²) >= 11 is 0. The first-order valence-electron chi connectivity index (χ1n) is 7.03. The Balaban J connectivity index is 2.60. The van der Waals surface area contributed by atoms with Crippen LogP contribution in [0.3, 0.4) is 0 Å². The van der Waals surface area contributed by atoms with E-state index in [-0.39, 0.29) is 18.3 Å². The molecule has 0 saturated carbocycles. The fourth-order valence-electron chi connectivity index (χ4n) is 1.74. The Morgan fingerprint density at radius 3 is 2.65 bits per heavy atom. The van der Waals surface area contributed by atoms with Crippen molar-refractivity contribution in [3.8, 4) is 0 Å². The Bertz CT molecular complexity index is 412. The van der Waals surface area contributed by atoms with Gasteiger partial charge in [-0.15, -0.1) is 0 Å². The van der Waals surface area contributed by atoms with Crippen molar-refractivity contribution in [1.29, 1.82) is 0 Å². The molecule has 0 aliphatic heterocycles. The molecule has 1 amide bonds. The smallest absolute Gasteiger partial charge is 0.307 e. The number of carbonyl (C=O) groups is 2. The number of hydrogen-bond donors (Lipinski definition) is 0. The number of furan rings is 1. The van der Waals surface area contributed by atoms with Crippen LogP contribution in [0, 0.1) is 5.92 Å². The fourth-order valence-corrected chi connectivity index (χ4v) is 1.74. The average Bonchev–Trinajstić information content (AvgIpc) is 2.92. The van der Waals surface area contributed by atoms with Gasteiger partial charge in [0.2, 0.25) is 0 Å². The van der Waals surface area contributed by atoms with E-state index in [4.69, 9.17) is 9.15 Å². The molecule has 112 valence electrons. The second-order valence-corrected chi connectivity index (χ2v) is 5.01. The highest BCUT2D eigenvalue weighted by atomic mass is 16.5. The van der Waals surface area contributed by atoms with Gasteiger partial charge in [0.15, 0.2) is 5.76 Å². The lowest BCUT2D eigenvalue weighted by atomic mass is 10.1. The Kier molecular flexibility index (Phi) is 6.84. The van der Waals surface area contributed by atoms with Crippen LogP contribution < -0.4 is 0 Å². The molecule has 0 aromatic carbocycles. The average molecular weight is 281 g/mol. The van der Waals surface area contributed by atoms with Gasteiger partial charge >= 0.3 is 5.97 Å². The first-order chi connectivity index (χ1) is 9.54. The number of hydrogen-bond acceptors (Lipinski definition) is 4. The third-order valence-corrected chi connectivity index (χ3v) is 2.89. The minimum atomic E-state index is -0.283. The summed E-state index contributed by atoms with van der Waals surface area (Å²) in [5.41, 5.74) is 0. The van der Waals surface area contributed by atoms with Gasteiger partial charge in [-0.25, -0.2) is 0 Å². The molecule has 0 radical (unpaired) electrons. The van der Waals surface area contributed by atoms with Crippen LogP contribution in [0.25, 0.3) is 0 Å². The van der Waals surface area contributed by atoms with E-state index in [0.29, 0.717) is 31.4 Å². The maximum atomic E-state index is 12.3. The molecule has 1 aromatic heterocycles. The Labute approximate surface area is 119 Å². The fraction of sp³-hybridized carbons (Fsp3) is 0.600. The zero-order valence-corrected chi connectivity index (χ0v) is 12.4. The zero-order chi connectivity index (χ0) is 15.0. The quantitative estimate of drug-likeness (QED) is 0.687. The third-order valence-electron chi connectivity index (χ3n) is 2.89. The molecule has 20 heavy (non-hydrogen) atoms. The summed E-state index contributed by atoms with van der Waals surface area (Å²) in [7, 11) is 0. The highest BCUT2D eigenvalue weighted by molar-refractivity contribution is 5.91. The number of amides is 1. The van der Waals surface area contributed by atoms with Crippen LogP contribution in [0.5, 0.6) is 0 Å². The van der Waals surface area contributed by atoms with Crippen molar-refractivity contribution < 1.29 is 18.7 Å². The van der Waals surface area contributed by atoms with Crippen LogP contribution in [0.4, 0.5) is 0 Å². The molecule has 1 rings (SSSR count). The monoisotopic (exact) mass is 281 g/mol. The van der Waals surface area contributed by atoms with Crippen molar-refractivity contribution in [2.24, 2.45) is 5.92 Å². The second kappa shape index (κ2) is 8.40. The number of nitrogens with zero attached hydrogens (tertiary/aromatic N) is 1. The molecule has 0 aliphatic carbocycles. The van der Waals surface area contributed by atoms with Gasteiger partial charge in [-0.1, -0.05) is 13.8 Å². The molecular weight excluding hydrogens is 258 g/mol. The summed E-state index contributed by atoms with van der Waals surface area (Å²) < 4.78 is 10.0. The van der Waals surface area contributed by atoms with Gasteiger partial charge in [-0.2, -0.15) is 0 Å². The molecule has 1 heterocycles. The maximum Gasteiger partial charge on any atom is 0.307 e. The minimum absolute atomic E-state index is 0.181. The molecule has 0 aliphatic rings. The summed E-state index contributed by atoms with van der Waals surface area (Å²) in [6, 6.07) is 3.31. The van der Waals surface area contributed by atoms with Gasteiger partial charge in [0.05, 0.1) is 19.3 Å². The second-order valence-electron chi connectivity index (χ2n) is 5.01. The van der Waals surface area contributed by atoms with Gasteiger partial charge in [0.1, 0.15) is 0 Å². The molecule has 0 saturated heterocycles. The summed E-state index contributed by atoms with van der Waals surface area (Å²) in [6.07, 6.45) is 2.56. The molecule has 0 unspecified atom stereocenters. The molecule has 0 fully saturated rings. The SMILES string of the molecule is CCOC(=O)CCN(CCC(C)C)C(=O)c1ccco1. The standard InChI is InChI=1S/C15H23NO4/c1-4-19-14(17)8-10-16(9-7-12(2)3)15(18)13-6-5-11-20-13/h5-6,11-12H,4,7-10H2,1-3H3. The first kappa shape index (κ1) is 16.3. The van der Waals surface area contributed by atoms with E-state index in [0.717, 1.165) is 6.42 Å². The molecular formula is C15H23NO4. The van der Waals surface area contributed by atoms with Gasteiger partial charge in [-0.05, 0) is 31.4 Å². The van der Waals surface area contributed by atoms with E-state index < -0.39 is 0 Å². The van der Waals surface area contributed by atoms with Crippen molar-refractivity contribution in [3.05, 3.63) is 24.2 Å². The van der Waals surface area contributed by atoms with E-state index in [1.807, 2.05) is 0 Å². The van der Waals surface area contributed by atoms with E-state index in [1.54, 1.807) is 24.0 Å².